The van der Waals surface area contributed by atoms with Gasteiger partial charge in [0.15, 0.2) is 5.16 Å². The molecule has 0 saturated carbocycles. The summed E-state index contributed by atoms with van der Waals surface area (Å²) in [5.41, 5.74) is 7.98. The predicted molar refractivity (Wildman–Crippen MR) is 77.0 cm³/mol. The Morgan fingerprint density at radius 1 is 1.22 bits per heavy atom. The molecule has 0 aliphatic rings. The molecule has 0 aliphatic heterocycles. The van der Waals surface area contributed by atoms with Crippen LogP contribution in [0.3, 0.4) is 0 Å². The SMILES string of the molecule is CSc1cccc(Sc2nccc(C)n2)c1CN. The Bertz CT molecular complexity index is 544. The number of hydrogen-bond donors (Lipinski definition) is 1. The number of hydrogen-bond acceptors (Lipinski definition) is 5. The summed E-state index contributed by atoms with van der Waals surface area (Å²) in [5.74, 6) is 0. The summed E-state index contributed by atoms with van der Waals surface area (Å²) >= 11 is 3.28. The van der Waals surface area contributed by atoms with Crippen LogP contribution in [0.1, 0.15) is 11.3 Å². The Morgan fingerprint density at radius 2 is 2.00 bits per heavy atom. The van der Waals surface area contributed by atoms with Crippen LogP contribution in [-0.4, -0.2) is 16.2 Å². The Hall–Kier alpha value is -1.04. The van der Waals surface area contributed by atoms with Crippen molar-refractivity contribution in [1.29, 1.82) is 0 Å². The van der Waals surface area contributed by atoms with Gasteiger partial charge >= 0.3 is 0 Å². The smallest absolute Gasteiger partial charge is 0.192 e. The maximum Gasteiger partial charge on any atom is 0.192 e. The summed E-state index contributed by atoms with van der Waals surface area (Å²) in [6.07, 6.45) is 3.84. The summed E-state index contributed by atoms with van der Waals surface area (Å²) < 4.78 is 0. The van der Waals surface area contributed by atoms with Gasteiger partial charge in [-0.05, 0) is 48.7 Å². The van der Waals surface area contributed by atoms with E-state index in [1.54, 1.807) is 29.7 Å². The van der Waals surface area contributed by atoms with Crippen molar-refractivity contribution in [2.75, 3.05) is 6.26 Å². The zero-order valence-corrected chi connectivity index (χ0v) is 12.0. The van der Waals surface area contributed by atoms with Gasteiger partial charge in [0.05, 0.1) is 0 Å². The highest BCUT2D eigenvalue weighted by molar-refractivity contribution is 7.99. The Morgan fingerprint density at radius 3 is 2.67 bits per heavy atom. The maximum atomic E-state index is 5.84. The molecule has 0 bridgehead atoms. The van der Waals surface area contributed by atoms with Gasteiger partial charge in [0.2, 0.25) is 0 Å². The second kappa shape index (κ2) is 6.22. The quantitative estimate of drug-likeness (QED) is 0.687. The molecule has 1 aromatic heterocycles. The number of nitrogens with two attached hydrogens (primary N) is 1. The maximum absolute atomic E-state index is 5.84. The van der Waals surface area contributed by atoms with E-state index in [0.29, 0.717) is 6.54 Å². The van der Waals surface area contributed by atoms with Crippen molar-refractivity contribution in [3.63, 3.8) is 0 Å². The van der Waals surface area contributed by atoms with E-state index in [2.05, 4.69) is 28.4 Å². The molecule has 94 valence electrons. The first-order valence-corrected chi connectivity index (χ1v) is 7.62. The molecule has 0 spiro atoms. The van der Waals surface area contributed by atoms with Gasteiger partial charge in [-0.3, -0.25) is 0 Å². The van der Waals surface area contributed by atoms with Gasteiger partial charge in [0.1, 0.15) is 0 Å². The van der Waals surface area contributed by atoms with Crippen LogP contribution in [0.2, 0.25) is 0 Å². The molecule has 3 nitrogen and oxygen atoms in total. The summed E-state index contributed by atoms with van der Waals surface area (Å²) in [6.45, 7) is 2.50. The van der Waals surface area contributed by atoms with Crippen molar-refractivity contribution in [3.05, 3.63) is 41.7 Å². The third-order valence-electron chi connectivity index (χ3n) is 2.49. The first-order chi connectivity index (χ1) is 8.74. The van der Waals surface area contributed by atoms with Gasteiger partial charge in [0.25, 0.3) is 0 Å². The van der Waals surface area contributed by atoms with Crippen LogP contribution >= 0.6 is 23.5 Å². The van der Waals surface area contributed by atoms with E-state index in [0.717, 1.165) is 15.7 Å². The summed E-state index contributed by atoms with van der Waals surface area (Å²) in [5, 5.41) is 0.767. The van der Waals surface area contributed by atoms with Gasteiger partial charge in [0, 0.05) is 28.2 Å². The number of thioether (sulfide) groups is 1. The minimum absolute atomic E-state index is 0.533. The Kier molecular flexibility index (Phi) is 4.63. The van der Waals surface area contributed by atoms with E-state index in [1.807, 2.05) is 19.1 Å². The molecule has 0 amide bonds. The van der Waals surface area contributed by atoms with Crippen LogP contribution in [0, 0.1) is 6.92 Å². The van der Waals surface area contributed by atoms with Gasteiger partial charge in [-0.2, -0.15) is 0 Å². The van der Waals surface area contributed by atoms with E-state index >= 15 is 0 Å². The lowest BCUT2D eigenvalue weighted by Gasteiger charge is -2.10. The fraction of sp³-hybridized carbons (Fsp3) is 0.231. The van der Waals surface area contributed by atoms with Crippen molar-refractivity contribution in [1.82, 2.24) is 9.97 Å². The topological polar surface area (TPSA) is 51.8 Å². The number of benzene rings is 1. The molecule has 0 saturated heterocycles. The van der Waals surface area contributed by atoms with Crippen molar-refractivity contribution in [2.24, 2.45) is 5.73 Å². The third kappa shape index (κ3) is 3.04. The van der Waals surface area contributed by atoms with Crippen molar-refractivity contribution in [2.45, 2.75) is 28.4 Å². The van der Waals surface area contributed by atoms with Gasteiger partial charge < -0.3 is 5.73 Å². The second-order valence-electron chi connectivity index (χ2n) is 3.72. The largest absolute Gasteiger partial charge is 0.326 e. The monoisotopic (exact) mass is 277 g/mol. The second-order valence-corrected chi connectivity index (χ2v) is 5.58. The first-order valence-electron chi connectivity index (χ1n) is 5.58. The molecule has 0 unspecified atom stereocenters. The third-order valence-corrected chi connectivity index (χ3v) is 4.29. The lowest BCUT2D eigenvalue weighted by Crippen LogP contribution is -2.01. The molecular formula is C13H15N3S2. The molecule has 1 aromatic carbocycles. The number of aromatic nitrogens is 2. The van der Waals surface area contributed by atoms with Crippen LogP contribution < -0.4 is 5.73 Å². The van der Waals surface area contributed by atoms with Gasteiger partial charge in [-0.15, -0.1) is 11.8 Å². The van der Waals surface area contributed by atoms with Crippen LogP contribution in [-0.2, 0) is 6.54 Å². The Labute approximate surface area is 116 Å². The highest BCUT2D eigenvalue weighted by Crippen LogP contribution is 2.32. The van der Waals surface area contributed by atoms with E-state index in [-0.39, 0.29) is 0 Å². The fourth-order valence-electron chi connectivity index (χ4n) is 1.61. The van der Waals surface area contributed by atoms with Crippen LogP contribution in [0.15, 0.2) is 45.4 Å². The zero-order chi connectivity index (χ0) is 13.0. The average molecular weight is 277 g/mol. The van der Waals surface area contributed by atoms with E-state index in [4.69, 9.17) is 5.73 Å². The molecule has 0 fully saturated rings. The molecule has 2 N–H and O–H groups in total. The van der Waals surface area contributed by atoms with Crippen LogP contribution in [0.5, 0.6) is 0 Å². The summed E-state index contributed by atoms with van der Waals surface area (Å²) in [7, 11) is 0. The number of rotatable bonds is 4. The minimum Gasteiger partial charge on any atom is -0.326 e. The number of nitrogens with zero attached hydrogens (tertiary/aromatic N) is 2. The van der Waals surface area contributed by atoms with Crippen molar-refractivity contribution < 1.29 is 0 Å². The average Bonchev–Trinajstić information content (AvgIpc) is 2.38. The molecule has 0 atom stereocenters. The Balaban J connectivity index is 2.34. The molecule has 5 heteroatoms. The standard InChI is InChI=1S/C13H15N3S2/c1-9-6-7-15-13(16-9)18-12-5-3-4-11(17-2)10(12)8-14/h3-7H,8,14H2,1-2H3. The molecule has 1 heterocycles. The van der Waals surface area contributed by atoms with E-state index < -0.39 is 0 Å². The molecular weight excluding hydrogens is 262 g/mol. The molecule has 0 aliphatic carbocycles. The van der Waals surface area contributed by atoms with Crippen LogP contribution in [0.4, 0.5) is 0 Å². The molecule has 2 rings (SSSR count). The lowest BCUT2D eigenvalue weighted by atomic mass is 10.2. The normalized spacial score (nSPS) is 10.6. The molecule has 2 aromatic rings. The summed E-state index contributed by atoms with van der Waals surface area (Å²) in [6, 6.07) is 8.10. The molecule has 18 heavy (non-hydrogen) atoms. The first kappa shape index (κ1) is 13.4. The predicted octanol–water partition coefficient (Wildman–Crippen LogP) is 3.12. The number of aryl methyl sites for hydroxylation is 1. The highest BCUT2D eigenvalue weighted by Gasteiger charge is 2.09. The highest BCUT2D eigenvalue weighted by atomic mass is 32.2. The van der Waals surface area contributed by atoms with E-state index in [1.165, 1.54) is 10.5 Å². The van der Waals surface area contributed by atoms with Gasteiger partial charge in [-0.25, -0.2) is 9.97 Å². The van der Waals surface area contributed by atoms with Crippen molar-refractivity contribution >= 4 is 23.5 Å². The zero-order valence-electron chi connectivity index (χ0n) is 10.4. The van der Waals surface area contributed by atoms with E-state index in [9.17, 15) is 0 Å². The fourth-order valence-corrected chi connectivity index (χ4v) is 3.29. The lowest BCUT2D eigenvalue weighted by molar-refractivity contribution is 0.924. The van der Waals surface area contributed by atoms with Crippen molar-refractivity contribution in [3.8, 4) is 0 Å². The van der Waals surface area contributed by atoms with Gasteiger partial charge in [-0.1, -0.05) is 6.07 Å². The minimum atomic E-state index is 0.533. The molecule has 0 radical (unpaired) electrons. The van der Waals surface area contributed by atoms with Crippen LogP contribution in [0.25, 0.3) is 0 Å². The summed E-state index contributed by atoms with van der Waals surface area (Å²) in [4.78, 5) is 11.0.